The van der Waals surface area contributed by atoms with Crippen molar-refractivity contribution in [2.75, 3.05) is 18.0 Å². The van der Waals surface area contributed by atoms with Gasteiger partial charge in [-0.25, -0.2) is 9.97 Å². The van der Waals surface area contributed by atoms with Gasteiger partial charge >= 0.3 is 0 Å². The molecule has 1 aromatic heterocycles. The van der Waals surface area contributed by atoms with Crippen LogP contribution in [0.1, 0.15) is 38.7 Å². The maximum atomic E-state index is 6.14. The predicted molar refractivity (Wildman–Crippen MR) is 64.1 cm³/mol. The molecule has 2 heterocycles. The molecular formula is C12H19N4. The minimum atomic E-state index is -0.401. The summed E-state index contributed by atoms with van der Waals surface area (Å²) in [5.74, 6) is 0.960. The summed E-state index contributed by atoms with van der Waals surface area (Å²) in [6.07, 6.45) is 8.24. The highest BCUT2D eigenvalue weighted by Crippen LogP contribution is 2.27. The van der Waals surface area contributed by atoms with Gasteiger partial charge < -0.3 is 10.6 Å². The van der Waals surface area contributed by atoms with Crippen LogP contribution in [-0.4, -0.2) is 23.1 Å². The molecule has 1 fully saturated rings. The van der Waals surface area contributed by atoms with Crippen LogP contribution in [0.2, 0.25) is 0 Å². The molecule has 1 saturated heterocycles. The third-order valence-electron chi connectivity index (χ3n) is 3.00. The van der Waals surface area contributed by atoms with Crippen LogP contribution in [0, 0.1) is 6.33 Å². The molecule has 0 amide bonds. The van der Waals surface area contributed by atoms with E-state index in [4.69, 9.17) is 5.73 Å². The first-order valence-electron chi connectivity index (χ1n) is 5.86. The molecule has 0 spiro atoms. The van der Waals surface area contributed by atoms with Gasteiger partial charge in [-0.3, -0.25) is 0 Å². The summed E-state index contributed by atoms with van der Waals surface area (Å²) >= 11 is 0. The standard InChI is InChI=1S/C12H19N4/c1-12(2,13)10-8-14-9-15-11(10)16-6-4-3-5-7-16/h8H,3-7,13H2,1-2H3. The van der Waals surface area contributed by atoms with Gasteiger partial charge in [0.2, 0.25) is 0 Å². The van der Waals surface area contributed by atoms with Crippen molar-refractivity contribution in [3.8, 4) is 0 Å². The second-order valence-corrected chi connectivity index (χ2v) is 4.98. The van der Waals surface area contributed by atoms with E-state index in [-0.39, 0.29) is 0 Å². The Morgan fingerprint density at radius 3 is 2.62 bits per heavy atom. The summed E-state index contributed by atoms with van der Waals surface area (Å²) in [5, 5.41) is 0. The molecule has 0 unspecified atom stereocenters. The molecule has 1 radical (unpaired) electrons. The van der Waals surface area contributed by atoms with E-state index in [2.05, 4.69) is 21.2 Å². The second kappa shape index (κ2) is 4.37. The molecule has 2 N–H and O–H groups in total. The third kappa shape index (κ3) is 2.32. The first kappa shape index (κ1) is 11.3. The Morgan fingerprint density at radius 1 is 1.31 bits per heavy atom. The summed E-state index contributed by atoms with van der Waals surface area (Å²) in [4.78, 5) is 10.5. The van der Waals surface area contributed by atoms with Gasteiger partial charge in [-0.15, -0.1) is 0 Å². The normalized spacial score (nSPS) is 17.6. The van der Waals surface area contributed by atoms with E-state index in [1.54, 1.807) is 6.20 Å². The van der Waals surface area contributed by atoms with E-state index in [1.165, 1.54) is 19.3 Å². The lowest BCUT2D eigenvalue weighted by molar-refractivity contribution is 0.530. The lowest BCUT2D eigenvalue weighted by Crippen LogP contribution is -2.36. The van der Waals surface area contributed by atoms with Crippen LogP contribution in [0.3, 0.4) is 0 Å². The Bertz CT molecular complexity index is 350. The monoisotopic (exact) mass is 219 g/mol. The van der Waals surface area contributed by atoms with Crippen molar-refractivity contribution in [3.05, 3.63) is 18.1 Å². The molecule has 4 nitrogen and oxygen atoms in total. The smallest absolute Gasteiger partial charge is 0.199 e. The number of aromatic nitrogens is 2. The molecule has 0 atom stereocenters. The Labute approximate surface area is 96.9 Å². The van der Waals surface area contributed by atoms with Crippen LogP contribution in [-0.2, 0) is 5.54 Å². The van der Waals surface area contributed by atoms with Gasteiger partial charge in [0.05, 0.1) is 0 Å². The summed E-state index contributed by atoms with van der Waals surface area (Å²) in [6, 6.07) is 0. The molecule has 16 heavy (non-hydrogen) atoms. The fourth-order valence-electron chi connectivity index (χ4n) is 2.09. The van der Waals surface area contributed by atoms with E-state index in [0.717, 1.165) is 24.5 Å². The number of rotatable bonds is 2. The minimum absolute atomic E-state index is 0.401. The van der Waals surface area contributed by atoms with Gasteiger partial charge in [0, 0.05) is 30.4 Å². The first-order valence-corrected chi connectivity index (χ1v) is 5.86. The molecule has 87 valence electrons. The second-order valence-electron chi connectivity index (χ2n) is 4.98. The highest BCUT2D eigenvalue weighted by Gasteiger charge is 2.24. The fourth-order valence-corrected chi connectivity index (χ4v) is 2.09. The van der Waals surface area contributed by atoms with E-state index in [1.807, 2.05) is 13.8 Å². The molecule has 2 rings (SSSR count). The highest BCUT2D eigenvalue weighted by atomic mass is 15.2. The molecule has 0 bridgehead atoms. The number of hydrogen-bond acceptors (Lipinski definition) is 4. The zero-order valence-electron chi connectivity index (χ0n) is 10.0. The largest absolute Gasteiger partial charge is 0.356 e. The van der Waals surface area contributed by atoms with Crippen molar-refractivity contribution >= 4 is 5.82 Å². The van der Waals surface area contributed by atoms with Crippen molar-refractivity contribution in [2.24, 2.45) is 5.73 Å². The molecule has 1 aliphatic heterocycles. The van der Waals surface area contributed by atoms with Crippen molar-refractivity contribution in [2.45, 2.75) is 38.6 Å². The van der Waals surface area contributed by atoms with Gasteiger partial charge in [-0.05, 0) is 33.1 Å². The average molecular weight is 219 g/mol. The number of hydrogen-bond donors (Lipinski definition) is 1. The summed E-state index contributed by atoms with van der Waals surface area (Å²) < 4.78 is 0. The number of anilines is 1. The third-order valence-corrected chi connectivity index (χ3v) is 3.00. The number of nitrogens with two attached hydrogens (primary N) is 1. The van der Waals surface area contributed by atoms with Crippen LogP contribution in [0.5, 0.6) is 0 Å². The van der Waals surface area contributed by atoms with E-state index >= 15 is 0 Å². The maximum absolute atomic E-state index is 6.14. The number of nitrogens with zero attached hydrogens (tertiary/aromatic N) is 3. The molecular weight excluding hydrogens is 200 g/mol. The summed E-state index contributed by atoms with van der Waals surface area (Å²) in [6.45, 7) is 6.10. The summed E-state index contributed by atoms with van der Waals surface area (Å²) in [7, 11) is 0. The topological polar surface area (TPSA) is 55.0 Å². The predicted octanol–water partition coefficient (Wildman–Crippen LogP) is 1.46. The van der Waals surface area contributed by atoms with Gasteiger partial charge in [-0.1, -0.05) is 0 Å². The number of piperidine rings is 1. The molecule has 4 heteroatoms. The van der Waals surface area contributed by atoms with Gasteiger partial charge in [0.1, 0.15) is 5.82 Å². The van der Waals surface area contributed by atoms with Crippen LogP contribution >= 0.6 is 0 Å². The lowest BCUT2D eigenvalue weighted by Gasteiger charge is -2.32. The highest BCUT2D eigenvalue weighted by molar-refractivity contribution is 5.48. The van der Waals surface area contributed by atoms with Gasteiger partial charge in [0.15, 0.2) is 6.33 Å². The Balaban J connectivity index is 2.32. The molecule has 0 aromatic carbocycles. The SMILES string of the molecule is CC(C)(N)c1cn[c]nc1N1CCCCC1. The first-order chi connectivity index (χ1) is 7.59. The molecule has 0 aliphatic carbocycles. The Morgan fingerprint density at radius 2 is 2.00 bits per heavy atom. The lowest BCUT2D eigenvalue weighted by atomic mass is 9.96. The van der Waals surface area contributed by atoms with Crippen molar-refractivity contribution < 1.29 is 0 Å². The van der Waals surface area contributed by atoms with Crippen LogP contribution in [0.25, 0.3) is 0 Å². The van der Waals surface area contributed by atoms with Crippen LogP contribution in [0.4, 0.5) is 5.82 Å². The Kier molecular flexibility index (Phi) is 3.10. The van der Waals surface area contributed by atoms with Gasteiger partial charge in [-0.2, -0.15) is 0 Å². The molecule has 1 aromatic rings. The molecule has 0 saturated carbocycles. The van der Waals surface area contributed by atoms with E-state index in [0.29, 0.717) is 0 Å². The fraction of sp³-hybridized carbons (Fsp3) is 0.667. The zero-order chi connectivity index (χ0) is 11.6. The average Bonchev–Trinajstić information content (AvgIpc) is 2.29. The maximum Gasteiger partial charge on any atom is 0.199 e. The van der Waals surface area contributed by atoms with Crippen molar-refractivity contribution in [1.82, 2.24) is 9.97 Å². The summed E-state index contributed by atoms with van der Waals surface area (Å²) in [5.41, 5.74) is 6.75. The zero-order valence-corrected chi connectivity index (χ0v) is 10.0. The quantitative estimate of drug-likeness (QED) is 0.818. The Hall–Kier alpha value is -1.16. The molecule has 1 aliphatic rings. The minimum Gasteiger partial charge on any atom is -0.356 e. The van der Waals surface area contributed by atoms with Crippen LogP contribution in [0.15, 0.2) is 6.20 Å². The van der Waals surface area contributed by atoms with Crippen molar-refractivity contribution in [3.63, 3.8) is 0 Å². The van der Waals surface area contributed by atoms with Crippen molar-refractivity contribution in [1.29, 1.82) is 0 Å². The van der Waals surface area contributed by atoms with E-state index in [9.17, 15) is 0 Å². The van der Waals surface area contributed by atoms with E-state index < -0.39 is 5.54 Å². The van der Waals surface area contributed by atoms with Crippen LogP contribution < -0.4 is 10.6 Å². The van der Waals surface area contributed by atoms with Gasteiger partial charge in [0.25, 0.3) is 0 Å².